The van der Waals surface area contributed by atoms with Crippen LogP contribution >= 0.6 is 0 Å². The summed E-state index contributed by atoms with van der Waals surface area (Å²) in [7, 11) is -3.66. The summed E-state index contributed by atoms with van der Waals surface area (Å²) in [6.45, 7) is 1.83. The first-order valence-corrected chi connectivity index (χ1v) is 9.73. The van der Waals surface area contributed by atoms with Crippen LogP contribution in [0.5, 0.6) is 0 Å². The Bertz CT molecular complexity index is 1030. The molecule has 3 aromatic carbocycles. The van der Waals surface area contributed by atoms with E-state index in [0.717, 1.165) is 5.56 Å². The van der Waals surface area contributed by atoms with Gasteiger partial charge in [0, 0.05) is 17.1 Å². The molecule has 3 aromatic rings. The van der Waals surface area contributed by atoms with E-state index in [1.54, 1.807) is 54.6 Å². The maximum absolute atomic E-state index is 12.4. The quantitative estimate of drug-likeness (QED) is 0.610. The van der Waals surface area contributed by atoms with Crippen LogP contribution in [-0.2, 0) is 10.0 Å². The fourth-order valence-corrected chi connectivity index (χ4v) is 3.60. The van der Waals surface area contributed by atoms with E-state index in [2.05, 4.69) is 15.4 Å². The number of aryl methyl sites for hydroxylation is 1. The third-order valence-corrected chi connectivity index (χ3v) is 5.11. The summed E-state index contributed by atoms with van der Waals surface area (Å²) in [6, 6.07) is 21.8. The lowest BCUT2D eigenvalue weighted by Gasteiger charge is -2.10. The number of hydrogen-bond donors (Lipinski definition) is 3. The second-order valence-corrected chi connectivity index (χ2v) is 7.63. The maximum atomic E-state index is 12.4. The van der Waals surface area contributed by atoms with Crippen LogP contribution in [0, 0.1) is 6.92 Å². The molecule has 27 heavy (non-hydrogen) atoms. The number of sulfonamides is 1. The van der Waals surface area contributed by atoms with Gasteiger partial charge in [-0.05, 0) is 61.0 Å². The molecular formula is C20H19N3O3S. The molecule has 3 rings (SSSR count). The van der Waals surface area contributed by atoms with Crippen molar-refractivity contribution in [1.82, 2.24) is 0 Å². The smallest absolute Gasteiger partial charge is 0.308 e. The molecule has 0 bridgehead atoms. The molecule has 0 saturated heterocycles. The highest BCUT2D eigenvalue weighted by Gasteiger charge is 2.14. The number of hydrogen-bond acceptors (Lipinski definition) is 3. The van der Waals surface area contributed by atoms with Crippen molar-refractivity contribution in [3.05, 3.63) is 84.4 Å². The van der Waals surface area contributed by atoms with Gasteiger partial charge in [0.25, 0.3) is 10.0 Å². The average Bonchev–Trinajstić information content (AvgIpc) is 2.64. The molecule has 0 atom stereocenters. The Morgan fingerprint density at radius 1 is 0.741 bits per heavy atom. The molecule has 0 fully saturated rings. The highest BCUT2D eigenvalue weighted by Crippen LogP contribution is 2.19. The van der Waals surface area contributed by atoms with Gasteiger partial charge in [-0.15, -0.1) is 0 Å². The Balaban J connectivity index is 1.64. The highest BCUT2D eigenvalue weighted by atomic mass is 32.2. The van der Waals surface area contributed by atoms with Crippen LogP contribution in [0.15, 0.2) is 83.8 Å². The van der Waals surface area contributed by atoms with Crippen molar-refractivity contribution in [3.8, 4) is 0 Å². The van der Waals surface area contributed by atoms with Gasteiger partial charge in [-0.1, -0.05) is 30.3 Å². The molecule has 2 amide bonds. The highest BCUT2D eigenvalue weighted by molar-refractivity contribution is 7.92. The largest absolute Gasteiger partial charge is 0.323 e. The van der Waals surface area contributed by atoms with Gasteiger partial charge < -0.3 is 10.6 Å². The number of rotatable bonds is 5. The minimum atomic E-state index is -3.66. The Labute approximate surface area is 158 Å². The van der Waals surface area contributed by atoms with Crippen LogP contribution in [-0.4, -0.2) is 14.4 Å². The van der Waals surface area contributed by atoms with E-state index in [4.69, 9.17) is 0 Å². The van der Waals surface area contributed by atoms with Crippen molar-refractivity contribution in [2.75, 3.05) is 15.4 Å². The first kappa shape index (κ1) is 18.5. The van der Waals surface area contributed by atoms with Gasteiger partial charge in [-0.25, -0.2) is 13.2 Å². The van der Waals surface area contributed by atoms with Crippen molar-refractivity contribution in [1.29, 1.82) is 0 Å². The molecule has 0 aliphatic heterocycles. The lowest BCUT2D eigenvalue weighted by molar-refractivity contribution is 0.262. The van der Waals surface area contributed by atoms with Crippen LogP contribution in [0.1, 0.15) is 5.56 Å². The molecule has 7 heteroatoms. The number of benzene rings is 3. The zero-order valence-corrected chi connectivity index (χ0v) is 15.5. The number of amides is 2. The lowest BCUT2D eigenvalue weighted by atomic mass is 10.2. The summed E-state index contributed by atoms with van der Waals surface area (Å²) in [4.78, 5) is 12.2. The molecule has 0 spiro atoms. The van der Waals surface area contributed by atoms with Crippen LogP contribution in [0.3, 0.4) is 0 Å². The Morgan fingerprint density at radius 2 is 1.33 bits per heavy atom. The van der Waals surface area contributed by atoms with E-state index in [1.165, 1.54) is 0 Å². The molecule has 0 radical (unpaired) electrons. The first-order chi connectivity index (χ1) is 12.9. The van der Waals surface area contributed by atoms with Crippen molar-refractivity contribution in [3.63, 3.8) is 0 Å². The molecule has 0 aliphatic rings. The fourth-order valence-electron chi connectivity index (χ4n) is 2.43. The molecule has 0 aromatic heterocycles. The zero-order chi connectivity index (χ0) is 19.3. The number of nitrogens with one attached hydrogen (secondary N) is 3. The second kappa shape index (κ2) is 7.92. The predicted octanol–water partition coefficient (Wildman–Crippen LogP) is 4.44. The molecule has 0 saturated carbocycles. The lowest BCUT2D eigenvalue weighted by Crippen LogP contribution is -2.19. The Hall–Kier alpha value is -3.32. The topological polar surface area (TPSA) is 87.3 Å². The van der Waals surface area contributed by atoms with Gasteiger partial charge in [-0.3, -0.25) is 4.72 Å². The molecule has 6 nitrogen and oxygen atoms in total. The van der Waals surface area contributed by atoms with Crippen molar-refractivity contribution < 1.29 is 13.2 Å². The first-order valence-electron chi connectivity index (χ1n) is 8.25. The maximum Gasteiger partial charge on any atom is 0.323 e. The monoisotopic (exact) mass is 381 g/mol. The molecule has 0 aliphatic carbocycles. The summed E-state index contributed by atoms with van der Waals surface area (Å²) in [5.74, 6) is 0. The third-order valence-electron chi connectivity index (χ3n) is 3.73. The van der Waals surface area contributed by atoms with E-state index < -0.39 is 10.0 Å². The van der Waals surface area contributed by atoms with E-state index in [-0.39, 0.29) is 10.9 Å². The minimum absolute atomic E-state index is 0.201. The van der Waals surface area contributed by atoms with E-state index >= 15 is 0 Å². The van der Waals surface area contributed by atoms with Gasteiger partial charge >= 0.3 is 6.03 Å². The fraction of sp³-hybridized carbons (Fsp3) is 0.0500. The molecule has 0 unspecified atom stereocenters. The second-order valence-electron chi connectivity index (χ2n) is 5.94. The summed E-state index contributed by atoms with van der Waals surface area (Å²) in [5.41, 5.74) is 2.49. The number of carbonyl (C=O) groups excluding carboxylic acids is 1. The van der Waals surface area contributed by atoms with E-state index in [9.17, 15) is 13.2 Å². The van der Waals surface area contributed by atoms with Gasteiger partial charge in [0.15, 0.2) is 0 Å². The molecule has 138 valence electrons. The van der Waals surface area contributed by atoms with E-state index in [0.29, 0.717) is 17.1 Å². The van der Waals surface area contributed by atoms with Crippen LogP contribution in [0.25, 0.3) is 0 Å². The molecular weight excluding hydrogens is 362 g/mol. The zero-order valence-electron chi connectivity index (χ0n) is 14.6. The SMILES string of the molecule is Cc1cccc(S(=O)(=O)Nc2ccc(NC(=O)Nc3ccccc3)cc2)c1. The number of anilines is 3. The summed E-state index contributed by atoms with van der Waals surface area (Å²) < 4.78 is 27.4. The summed E-state index contributed by atoms with van der Waals surface area (Å²) >= 11 is 0. The summed E-state index contributed by atoms with van der Waals surface area (Å²) in [5, 5.41) is 5.40. The number of carbonyl (C=O) groups is 1. The normalized spacial score (nSPS) is 10.9. The predicted molar refractivity (Wildman–Crippen MR) is 108 cm³/mol. The Kier molecular flexibility index (Phi) is 5.42. The van der Waals surface area contributed by atoms with Gasteiger partial charge in [0.2, 0.25) is 0 Å². The minimum Gasteiger partial charge on any atom is -0.308 e. The standard InChI is InChI=1S/C20H19N3O3S/c1-15-6-5-9-19(14-15)27(25,26)23-18-12-10-17(11-13-18)22-20(24)21-16-7-3-2-4-8-16/h2-14,23H,1H3,(H2,21,22,24). The number of para-hydroxylation sites is 1. The van der Waals surface area contributed by atoms with E-state index in [1.807, 2.05) is 31.2 Å². The Morgan fingerprint density at radius 3 is 1.96 bits per heavy atom. The van der Waals surface area contributed by atoms with Crippen molar-refractivity contribution in [2.45, 2.75) is 11.8 Å². The van der Waals surface area contributed by atoms with Crippen LogP contribution in [0.4, 0.5) is 21.9 Å². The van der Waals surface area contributed by atoms with Crippen LogP contribution in [0.2, 0.25) is 0 Å². The third kappa shape index (κ3) is 5.08. The molecule has 3 N–H and O–H groups in total. The number of urea groups is 1. The molecule has 0 heterocycles. The summed E-state index contributed by atoms with van der Waals surface area (Å²) in [6.07, 6.45) is 0. The van der Waals surface area contributed by atoms with Crippen molar-refractivity contribution in [2.24, 2.45) is 0 Å². The van der Waals surface area contributed by atoms with Gasteiger partial charge in [0.1, 0.15) is 0 Å². The van der Waals surface area contributed by atoms with Crippen LogP contribution < -0.4 is 15.4 Å². The average molecular weight is 381 g/mol. The van der Waals surface area contributed by atoms with Gasteiger partial charge in [-0.2, -0.15) is 0 Å². The van der Waals surface area contributed by atoms with Crippen molar-refractivity contribution >= 4 is 33.1 Å². The van der Waals surface area contributed by atoms with Gasteiger partial charge in [0.05, 0.1) is 4.90 Å².